The highest BCUT2D eigenvalue weighted by Gasteiger charge is 2.29. The highest BCUT2D eigenvalue weighted by atomic mass is 16.5. The first-order valence-electron chi connectivity index (χ1n) is 7.76. The number of furan rings is 1. The summed E-state index contributed by atoms with van der Waals surface area (Å²) in [6.45, 7) is 5.27. The van der Waals surface area contributed by atoms with Crippen molar-refractivity contribution in [1.29, 1.82) is 0 Å². The molecule has 0 N–H and O–H groups in total. The summed E-state index contributed by atoms with van der Waals surface area (Å²) in [5, 5.41) is 3.99. The standard InChI is InChI=1S/C16H21N3O4/c1-10-14(7-13(22-10)9-21-3)16(20)19-6-4-5-12(8-19)15-17-11(2)23-18-15/h7,12H,4-6,8-9H2,1-3H3. The molecule has 0 radical (unpaired) electrons. The fourth-order valence-electron chi connectivity index (χ4n) is 2.99. The number of amides is 1. The predicted molar refractivity (Wildman–Crippen MR) is 81.1 cm³/mol. The van der Waals surface area contributed by atoms with Crippen LogP contribution in [0.2, 0.25) is 0 Å². The van der Waals surface area contributed by atoms with Crippen LogP contribution in [0.1, 0.15) is 52.4 Å². The van der Waals surface area contributed by atoms with E-state index in [1.54, 1.807) is 27.0 Å². The molecule has 7 heteroatoms. The largest absolute Gasteiger partial charge is 0.463 e. The van der Waals surface area contributed by atoms with E-state index in [1.165, 1.54) is 0 Å². The zero-order chi connectivity index (χ0) is 16.4. The van der Waals surface area contributed by atoms with E-state index in [0.29, 0.717) is 42.0 Å². The van der Waals surface area contributed by atoms with Crippen molar-refractivity contribution in [1.82, 2.24) is 15.0 Å². The lowest BCUT2D eigenvalue weighted by atomic mass is 9.96. The number of methoxy groups -OCH3 is 1. The van der Waals surface area contributed by atoms with Crippen molar-refractivity contribution < 1.29 is 18.5 Å². The molecular weight excluding hydrogens is 298 g/mol. The number of piperidine rings is 1. The normalized spacial score (nSPS) is 18.4. The van der Waals surface area contributed by atoms with Gasteiger partial charge in [-0.1, -0.05) is 5.16 Å². The average molecular weight is 319 g/mol. The van der Waals surface area contributed by atoms with Crippen LogP contribution in [0.15, 0.2) is 15.0 Å². The van der Waals surface area contributed by atoms with Crippen molar-refractivity contribution in [3.05, 3.63) is 34.9 Å². The molecule has 2 aromatic heterocycles. The minimum atomic E-state index is -0.0153. The molecule has 0 bridgehead atoms. The lowest BCUT2D eigenvalue weighted by Crippen LogP contribution is -2.39. The molecule has 3 heterocycles. The molecule has 2 aromatic rings. The molecule has 23 heavy (non-hydrogen) atoms. The number of aromatic nitrogens is 2. The second-order valence-corrected chi connectivity index (χ2v) is 5.88. The minimum Gasteiger partial charge on any atom is -0.463 e. The van der Waals surface area contributed by atoms with Gasteiger partial charge in [-0.05, 0) is 25.8 Å². The fourth-order valence-corrected chi connectivity index (χ4v) is 2.99. The maximum Gasteiger partial charge on any atom is 0.257 e. The van der Waals surface area contributed by atoms with Crippen molar-refractivity contribution in [2.75, 3.05) is 20.2 Å². The van der Waals surface area contributed by atoms with Gasteiger partial charge in [0.25, 0.3) is 5.91 Å². The molecule has 0 spiro atoms. The van der Waals surface area contributed by atoms with E-state index >= 15 is 0 Å². The molecule has 124 valence electrons. The Balaban J connectivity index is 1.74. The third-order valence-electron chi connectivity index (χ3n) is 4.10. The monoisotopic (exact) mass is 319 g/mol. The molecule has 0 aliphatic carbocycles. The zero-order valence-corrected chi connectivity index (χ0v) is 13.7. The summed E-state index contributed by atoms with van der Waals surface area (Å²) in [7, 11) is 1.60. The van der Waals surface area contributed by atoms with Crippen LogP contribution in [0.3, 0.4) is 0 Å². The van der Waals surface area contributed by atoms with Crippen LogP contribution >= 0.6 is 0 Å². The maximum absolute atomic E-state index is 12.8. The topological polar surface area (TPSA) is 81.6 Å². The molecule has 1 unspecified atom stereocenters. The molecule has 1 aliphatic heterocycles. The van der Waals surface area contributed by atoms with Gasteiger partial charge in [0.15, 0.2) is 5.82 Å². The summed E-state index contributed by atoms with van der Waals surface area (Å²) in [6.07, 6.45) is 1.88. The van der Waals surface area contributed by atoms with Crippen LogP contribution in [0.4, 0.5) is 0 Å². The van der Waals surface area contributed by atoms with E-state index in [-0.39, 0.29) is 11.8 Å². The number of hydrogen-bond donors (Lipinski definition) is 0. The molecule has 0 aromatic carbocycles. The van der Waals surface area contributed by atoms with Gasteiger partial charge in [-0.25, -0.2) is 0 Å². The van der Waals surface area contributed by atoms with Gasteiger partial charge in [-0.15, -0.1) is 0 Å². The van der Waals surface area contributed by atoms with Gasteiger partial charge in [0, 0.05) is 33.0 Å². The summed E-state index contributed by atoms with van der Waals surface area (Å²) in [5.41, 5.74) is 0.599. The van der Waals surface area contributed by atoms with E-state index in [1.807, 2.05) is 4.90 Å². The first kappa shape index (κ1) is 15.7. The first-order valence-corrected chi connectivity index (χ1v) is 7.76. The van der Waals surface area contributed by atoms with Crippen LogP contribution in [-0.4, -0.2) is 41.1 Å². The van der Waals surface area contributed by atoms with E-state index in [9.17, 15) is 4.79 Å². The van der Waals surface area contributed by atoms with Gasteiger partial charge >= 0.3 is 0 Å². The number of hydrogen-bond acceptors (Lipinski definition) is 6. The predicted octanol–water partition coefficient (Wildman–Crippen LogP) is 2.45. The molecule has 1 aliphatic rings. The third-order valence-corrected chi connectivity index (χ3v) is 4.10. The van der Waals surface area contributed by atoms with Gasteiger partial charge in [0.2, 0.25) is 5.89 Å². The molecule has 3 rings (SSSR count). The van der Waals surface area contributed by atoms with Crippen molar-refractivity contribution in [3.63, 3.8) is 0 Å². The van der Waals surface area contributed by atoms with Crippen LogP contribution < -0.4 is 0 Å². The number of carbonyl (C=O) groups is 1. The number of rotatable bonds is 4. The number of likely N-dealkylation sites (tertiary alicyclic amines) is 1. The molecule has 1 saturated heterocycles. The lowest BCUT2D eigenvalue weighted by molar-refractivity contribution is 0.0702. The molecule has 0 saturated carbocycles. The van der Waals surface area contributed by atoms with Crippen molar-refractivity contribution in [2.45, 2.75) is 39.2 Å². The summed E-state index contributed by atoms with van der Waals surface area (Å²) in [6, 6.07) is 1.77. The Morgan fingerprint density at radius 1 is 1.48 bits per heavy atom. The zero-order valence-electron chi connectivity index (χ0n) is 13.7. The van der Waals surface area contributed by atoms with E-state index in [2.05, 4.69) is 10.1 Å². The number of aryl methyl sites for hydroxylation is 2. The van der Waals surface area contributed by atoms with Crippen LogP contribution in [0.5, 0.6) is 0 Å². The quantitative estimate of drug-likeness (QED) is 0.861. The van der Waals surface area contributed by atoms with E-state index in [4.69, 9.17) is 13.7 Å². The Bertz CT molecular complexity index is 691. The summed E-state index contributed by atoms with van der Waals surface area (Å²) in [5.74, 6) is 2.63. The molecule has 1 fully saturated rings. The molecular formula is C16H21N3O4. The molecule has 1 atom stereocenters. The second kappa shape index (κ2) is 6.54. The van der Waals surface area contributed by atoms with Crippen molar-refractivity contribution in [3.8, 4) is 0 Å². The maximum atomic E-state index is 12.8. The Labute approximate surface area is 134 Å². The van der Waals surface area contributed by atoms with E-state index in [0.717, 1.165) is 19.4 Å². The van der Waals surface area contributed by atoms with Gasteiger partial charge in [0.05, 0.1) is 5.56 Å². The molecule has 7 nitrogen and oxygen atoms in total. The van der Waals surface area contributed by atoms with Crippen LogP contribution in [0.25, 0.3) is 0 Å². The Kier molecular flexibility index (Phi) is 4.47. The second-order valence-electron chi connectivity index (χ2n) is 5.88. The Morgan fingerprint density at radius 3 is 3.00 bits per heavy atom. The highest BCUT2D eigenvalue weighted by Crippen LogP contribution is 2.27. The average Bonchev–Trinajstić information content (AvgIpc) is 3.13. The number of ether oxygens (including phenoxy) is 1. The van der Waals surface area contributed by atoms with Crippen LogP contribution in [-0.2, 0) is 11.3 Å². The summed E-state index contributed by atoms with van der Waals surface area (Å²) >= 11 is 0. The van der Waals surface area contributed by atoms with Gasteiger partial charge in [-0.2, -0.15) is 4.98 Å². The smallest absolute Gasteiger partial charge is 0.257 e. The third kappa shape index (κ3) is 3.29. The SMILES string of the molecule is COCc1cc(C(=O)N2CCCC(c3noc(C)n3)C2)c(C)o1. The molecule has 1 amide bonds. The fraction of sp³-hybridized carbons (Fsp3) is 0.562. The van der Waals surface area contributed by atoms with E-state index < -0.39 is 0 Å². The number of nitrogens with zero attached hydrogens (tertiary/aromatic N) is 3. The highest BCUT2D eigenvalue weighted by molar-refractivity contribution is 5.95. The first-order chi connectivity index (χ1) is 11.1. The lowest BCUT2D eigenvalue weighted by Gasteiger charge is -2.31. The minimum absolute atomic E-state index is 0.0153. The summed E-state index contributed by atoms with van der Waals surface area (Å²) in [4.78, 5) is 18.9. The van der Waals surface area contributed by atoms with Gasteiger partial charge in [0.1, 0.15) is 18.1 Å². The Hall–Kier alpha value is -2.15. The van der Waals surface area contributed by atoms with Crippen LogP contribution in [0, 0.1) is 13.8 Å². The van der Waals surface area contributed by atoms with Gasteiger partial charge < -0.3 is 18.6 Å². The van der Waals surface area contributed by atoms with Crippen molar-refractivity contribution in [2.24, 2.45) is 0 Å². The van der Waals surface area contributed by atoms with Crippen molar-refractivity contribution >= 4 is 5.91 Å². The Morgan fingerprint density at radius 2 is 2.30 bits per heavy atom. The number of carbonyl (C=O) groups excluding carboxylic acids is 1. The summed E-state index contributed by atoms with van der Waals surface area (Å²) < 4.78 is 15.7. The van der Waals surface area contributed by atoms with Gasteiger partial charge in [-0.3, -0.25) is 4.79 Å².